The molecule has 0 aliphatic heterocycles. The van der Waals surface area contributed by atoms with Crippen molar-refractivity contribution in [2.75, 3.05) is 10.0 Å². The van der Waals surface area contributed by atoms with Crippen LogP contribution in [0.5, 0.6) is 0 Å². The monoisotopic (exact) mass is 441 g/mol. The molecule has 1 aromatic heterocycles. The van der Waals surface area contributed by atoms with Crippen LogP contribution in [-0.2, 0) is 16.6 Å². The van der Waals surface area contributed by atoms with E-state index in [0.29, 0.717) is 18.3 Å². The van der Waals surface area contributed by atoms with Gasteiger partial charge in [-0.25, -0.2) is 8.42 Å². The highest BCUT2D eigenvalue weighted by atomic mass is 32.2. The lowest BCUT2D eigenvalue weighted by Gasteiger charge is -2.11. The minimum absolute atomic E-state index is 0.181. The average molecular weight is 442 g/mol. The molecule has 1 aliphatic carbocycles. The number of nitro benzene ring substituents is 1. The number of para-hydroxylation sites is 1. The molecule has 10 heteroatoms. The Hall–Kier alpha value is -3.40. The Kier molecular flexibility index (Phi) is 5.90. The van der Waals surface area contributed by atoms with Gasteiger partial charge in [-0.15, -0.1) is 0 Å². The number of hydrogen-bond acceptors (Lipinski definition) is 6. The normalized spacial score (nSPS) is 14.5. The van der Waals surface area contributed by atoms with Gasteiger partial charge in [-0.2, -0.15) is 5.10 Å². The summed E-state index contributed by atoms with van der Waals surface area (Å²) in [7, 11) is -3.96. The van der Waals surface area contributed by atoms with Crippen molar-refractivity contribution < 1.29 is 13.3 Å². The molecule has 1 saturated carbocycles. The van der Waals surface area contributed by atoms with E-state index in [1.807, 2.05) is 16.9 Å². The third-order valence-corrected chi connectivity index (χ3v) is 6.70. The maximum atomic E-state index is 12.6. The van der Waals surface area contributed by atoms with Crippen molar-refractivity contribution in [1.29, 1.82) is 0 Å². The highest BCUT2D eigenvalue weighted by Gasteiger charge is 2.22. The van der Waals surface area contributed by atoms with E-state index in [4.69, 9.17) is 0 Å². The maximum absolute atomic E-state index is 12.6. The number of hydrogen-bond donors (Lipinski definition) is 2. The molecular formula is C21H23N5O4S. The summed E-state index contributed by atoms with van der Waals surface area (Å²) in [5, 5.41) is 19.2. The average Bonchev–Trinajstić information content (AvgIpc) is 3.44. The molecule has 1 aliphatic rings. The second-order valence-corrected chi connectivity index (χ2v) is 9.17. The summed E-state index contributed by atoms with van der Waals surface area (Å²) >= 11 is 0. The molecule has 162 valence electrons. The largest absolute Gasteiger partial charge is 0.374 e. The molecule has 0 unspecified atom stereocenters. The third-order valence-electron chi connectivity index (χ3n) is 5.32. The van der Waals surface area contributed by atoms with Gasteiger partial charge >= 0.3 is 0 Å². The molecule has 1 fully saturated rings. The van der Waals surface area contributed by atoms with Gasteiger partial charge in [-0.1, -0.05) is 31.0 Å². The first-order valence-corrected chi connectivity index (χ1v) is 11.5. The van der Waals surface area contributed by atoms with Gasteiger partial charge in [-0.3, -0.25) is 19.5 Å². The highest BCUT2D eigenvalue weighted by Crippen LogP contribution is 2.30. The number of nitrogens with zero attached hydrogens (tertiary/aromatic N) is 3. The molecule has 2 aromatic carbocycles. The first-order chi connectivity index (χ1) is 14.9. The Morgan fingerprint density at radius 2 is 1.84 bits per heavy atom. The van der Waals surface area contributed by atoms with E-state index in [9.17, 15) is 18.5 Å². The van der Waals surface area contributed by atoms with Gasteiger partial charge in [0.2, 0.25) is 0 Å². The molecule has 31 heavy (non-hydrogen) atoms. The van der Waals surface area contributed by atoms with E-state index < -0.39 is 14.9 Å². The topological polar surface area (TPSA) is 119 Å². The number of nitro groups is 1. The van der Waals surface area contributed by atoms with Crippen molar-refractivity contribution in [2.45, 2.75) is 43.2 Å². The standard InChI is InChI=1S/C21H23N5O4S/c27-26(28)21-14-19(31(29,30)24-16-6-2-1-3-7-16)10-11-20(21)22-15-17-12-13-25(23-17)18-8-4-5-9-18/h1-3,6-7,10-14,18,22,24H,4-5,8-9,15H2. The number of aromatic nitrogens is 2. The molecule has 2 N–H and O–H groups in total. The highest BCUT2D eigenvalue weighted by molar-refractivity contribution is 7.92. The minimum Gasteiger partial charge on any atom is -0.374 e. The van der Waals surface area contributed by atoms with Crippen LogP contribution in [0.25, 0.3) is 0 Å². The zero-order chi connectivity index (χ0) is 21.8. The fraction of sp³-hybridized carbons (Fsp3) is 0.286. The molecule has 4 rings (SSSR count). The van der Waals surface area contributed by atoms with Crippen LogP contribution in [0.15, 0.2) is 65.7 Å². The van der Waals surface area contributed by atoms with Crippen LogP contribution in [-0.4, -0.2) is 23.1 Å². The summed E-state index contributed by atoms with van der Waals surface area (Å²) in [5.74, 6) is 0. The van der Waals surface area contributed by atoms with Crippen molar-refractivity contribution in [1.82, 2.24) is 9.78 Å². The summed E-state index contributed by atoms with van der Waals surface area (Å²) < 4.78 is 29.6. The first kappa shape index (κ1) is 20.9. The number of sulfonamides is 1. The van der Waals surface area contributed by atoms with Crippen molar-refractivity contribution in [3.63, 3.8) is 0 Å². The summed E-state index contributed by atoms with van der Waals surface area (Å²) in [6.45, 7) is 0.301. The fourth-order valence-corrected chi connectivity index (χ4v) is 4.81. The van der Waals surface area contributed by atoms with Gasteiger partial charge in [0.05, 0.1) is 28.1 Å². The summed E-state index contributed by atoms with van der Waals surface area (Å²) in [4.78, 5) is 10.8. The van der Waals surface area contributed by atoms with E-state index in [1.165, 1.54) is 25.0 Å². The second-order valence-electron chi connectivity index (χ2n) is 7.49. The van der Waals surface area contributed by atoms with Gasteiger partial charge in [0.15, 0.2) is 0 Å². The number of nitrogens with one attached hydrogen (secondary N) is 2. The quantitative estimate of drug-likeness (QED) is 0.397. The molecule has 3 aromatic rings. The molecule has 0 amide bonds. The molecule has 0 radical (unpaired) electrons. The molecule has 0 atom stereocenters. The van der Waals surface area contributed by atoms with Crippen LogP contribution in [0.4, 0.5) is 17.1 Å². The fourth-order valence-electron chi connectivity index (χ4n) is 3.73. The van der Waals surface area contributed by atoms with Crippen molar-refractivity contribution >= 4 is 27.1 Å². The number of benzene rings is 2. The molecular weight excluding hydrogens is 418 g/mol. The Labute approximate surface area is 180 Å². The van der Waals surface area contributed by atoms with Crippen molar-refractivity contribution in [3.05, 3.63) is 76.6 Å². The molecule has 9 nitrogen and oxygen atoms in total. The number of rotatable bonds is 8. The Bertz CT molecular complexity index is 1170. The van der Waals surface area contributed by atoms with Crippen LogP contribution >= 0.6 is 0 Å². The van der Waals surface area contributed by atoms with Crippen LogP contribution in [0.3, 0.4) is 0 Å². The Morgan fingerprint density at radius 3 is 2.55 bits per heavy atom. The molecule has 0 bridgehead atoms. The van der Waals surface area contributed by atoms with E-state index in [1.54, 1.807) is 30.3 Å². The van der Waals surface area contributed by atoms with Crippen LogP contribution in [0.1, 0.15) is 37.4 Å². The van der Waals surface area contributed by atoms with Gasteiger partial charge in [0.1, 0.15) is 5.69 Å². The van der Waals surface area contributed by atoms with Crippen molar-refractivity contribution in [3.8, 4) is 0 Å². The molecule has 0 saturated heterocycles. The lowest BCUT2D eigenvalue weighted by atomic mass is 10.2. The lowest BCUT2D eigenvalue weighted by Crippen LogP contribution is -2.13. The van der Waals surface area contributed by atoms with Gasteiger partial charge in [0, 0.05) is 18.0 Å². The smallest absolute Gasteiger partial charge is 0.293 e. The van der Waals surface area contributed by atoms with Crippen LogP contribution < -0.4 is 10.0 Å². The van der Waals surface area contributed by atoms with Crippen LogP contribution in [0.2, 0.25) is 0 Å². The van der Waals surface area contributed by atoms with Crippen LogP contribution in [0, 0.1) is 10.1 Å². The van der Waals surface area contributed by atoms with Gasteiger partial charge in [-0.05, 0) is 43.2 Å². The predicted molar refractivity (Wildman–Crippen MR) is 117 cm³/mol. The summed E-state index contributed by atoms with van der Waals surface area (Å²) in [5.41, 5.74) is 1.07. The predicted octanol–water partition coefficient (Wildman–Crippen LogP) is 4.32. The maximum Gasteiger partial charge on any atom is 0.293 e. The van der Waals surface area contributed by atoms with Gasteiger partial charge < -0.3 is 5.32 Å². The molecule has 0 spiro atoms. The van der Waals surface area contributed by atoms with Crippen molar-refractivity contribution in [2.24, 2.45) is 0 Å². The number of anilines is 2. The SMILES string of the molecule is O=[N+]([O-])c1cc(S(=O)(=O)Nc2ccccc2)ccc1NCc1ccn(C2CCCC2)n1. The zero-order valence-electron chi connectivity index (χ0n) is 16.8. The Balaban J connectivity index is 1.50. The van der Waals surface area contributed by atoms with Gasteiger partial charge in [0.25, 0.3) is 15.7 Å². The second kappa shape index (κ2) is 8.76. The third kappa shape index (κ3) is 4.85. The minimum atomic E-state index is -3.96. The lowest BCUT2D eigenvalue weighted by molar-refractivity contribution is -0.384. The molecule has 1 heterocycles. The van der Waals surface area contributed by atoms with E-state index in [0.717, 1.165) is 24.6 Å². The first-order valence-electron chi connectivity index (χ1n) is 10.1. The van der Waals surface area contributed by atoms with E-state index >= 15 is 0 Å². The van der Waals surface area contributed by atoms with E-state index in [2.05, 4.69) is 15.1 Å². The summed E-state index contributed by atoms with van der Waals surface area (Å²) in [6.07, 6.45) is 6.59. The zero-order valence-corrected chi connectivity index (χ0v) is 17.6. The summed E-state index contributed by atoms with van der Waals surface area (Å²) in [6, 6.07) is 14.5. The van der Waals surface area contributed by atoms with E-state index in [-0.39, 0.29) is 16.3 Å². The Morgan fingerprint density at radius 1 is 1.10 bits per heavy atom.